The number of rotatable bonds is 7. The summed E-state index contributed by atoms with van der Waals surface area (Å²) in [7, 11) is 1.69. The van der Waals surface area contributed by atoms with Gasteiger partial charge in [0.15, 0.2) is 17.3 Å². The molecule has 2 aromatic rings. The first-order chi connectivity index (χ1) is 11.7. The zero-order valence-electron chi connectivity index (χ0n) is 14.7. The molecule has 1 fully saturated rings. The van der Waals surface area contributed by atoms with E-state index in [1.807, 2.05) is 19.1 Å². The van der Waals surface area contributed by atoms with Crippen LogP contribution >= 0.6 is 0 Å². The molecule has 1 aromatic carbocycles. The highest BCUT2D eigenvalue weighted by molar-refractivity contribution is 5.43. The van der Waals surface area contributed by atoms with E-state index in [0.29, 0.717) is 12.6 Å². The molecule has 1 aromatic heterocycles. The standard InChI is InChI=1S/C19H26N2O3/c1-4-10-23-17-8-7-15(12-19(17)22-3)13-21-9-5-6-16(21)18-11-14(2)20-24-18/h7-8,11-12,16H,4-6,9-10,13H2,1-3H3/t16-/m0/s1. The zero-order valence-corrected chi connectivity index (χ0v) is 14.7. The van der Waals surface area contributed by atoms with Crippen molar-refractivity contribution in [1.82, 2.24) is 10.1 Å². The van der Waals surface area contributed by atoms with Crippen molar-refractivity contribution in [2.75, 3.05) is 20.3 Å². The van der Waals surface area contributed by atoms with Gasteiger partial charge in [-0.25, -0.2) is 0 Å². The van der Waals surface area contributed by atoms with Gasteiger partial charge in [0.05, 0.1) is 25.5 Å². The number of ether oxygens (including phenoxy) is 2. The molecule has 0 unspecified atom stereocenters. The van der Waals surface area contributed by atoms with E-state index >= 15 is 0 Å². The minimum atomic E-state index is 0.313. The molecular formula is C19H26N2O3. The molecule has 0 radical (unpaired) electrons. The Bertz CT molecular complexity index is 668. The predicted octanol–water partition coefficient (Wildman–Crippen LogP) is 4.12. The monoisotopic (exact) mass is 330 g/mol. The van der Waals surface area contributed by atoms with Gasteiger partial charge < -0.3 is 14.0 Å². The van der Waals surface area contributed by atoms with E-state index in [4.69, 9.17) is 14.0 Å². The molecule has 0 N–H and O–H groups in total. The highest BCUT2D eigenvalue weighted by atomic mass is 16.5. The lowest BCUT2D eigenvalue weighted by Crippen LogP contribution is -2.22. The van der Waals surface area contributed by atoms with Gasteiger partial charge in [-0.05, 0) is 50.4 Å². The maximum atomic E-state index is 5.73. The molecule has 5 nitrogen and oxygen atoms in total. The molecule has 3 rings (SSSR count). The van der Waals surface area contributed by atoms with E-state index in [9.17, 15) is 0 Å². The highest BCUT2D eigenvalue weighted by Gasteiger charge is 2.29. The van der Waals surface area contributed by atoms with E-state index in [1.165, 1.54) is 12.0 Å². The number of likely N-dealkylation sites (tertiary alicyclic amines) is 1. The first-order valence-electron chi connectivity index (χ1n) is 8.68. The summed E-state index contributed by atoms with van der Waals surface area (Å²) in [5.41, 5.74) is 2.16. The van der Waals surface area contributed by atoms with Crippen LogP contribution in [0, 0.1) is 6.92 Å². The topological polar surface area (TPSA) is 47.7 Å². The Morgan fingerprint density at radius 3 is 2.88 bits per heavy atom. The smallest absolute Gasteiger partial charge is 0.161 e. The summed E-state index contributed by atoms with van der Waals surface area (Å²) in [5.74, 6) is 2.58. The van der Waals surface area contributed by atoms with Crippen LogP contribution in [0.4, 0.5) is 0 Å². The van der Waals surface area contributed by atoms with Crippen molar-refractivity contribution in [1.29, 1.82) is 0 Å². The van der Waals surface area contributed by atoms with Crippen LogP contribution in [0.3, 0.4) is 0 Å². The van der Waals surface area contributed by atoms with Gasteiger partial charge in [-0.3, -0.25) is 4.90 Å². The van der Waals surface area contributed by atoms with E-state index in [-0.39, 0.29) is 0 Å². The molecule has 0 aliphatic carbocycles. The van der Waals surface area contributed by atoms with Crippen molar-refractivity contribution >= 4 is 0 Å². The molecule has 0 amide bonds. The summed E-state index contributed by atoms with van der Waals surface area (Å²) in [5, 5.41) is 4.03. The van der Waals surface area contributed by atoms with Crippen molar-refractivity contribution in [3.8, 4) is 11.5 Å². The third kappa shape index (κ3) is 3.73. The van der Waals surface area contributed by atoms with E-state index < -0.39 is 0 Å². The molecule has 1 atom stereocenters. The molecule has 24 heavy (non-hydrogen) atoms. The second kappa shape index (κ2) is 7.71. The molecule has 0 bridgehead atoms. The Morgan fingerprint density at radius 1 is 1.29 bits per heavy atom. The van der Waals surface area contributed by atoms with Crippen LogP contribution in [0.15, 0.2) is 28.8 Å². The summed E-state index contributed by atoms with van der Waals surface area (Å²) in [4.78, 5) is 2.45. The van der Waals surface area contributed by atoms with Crippen molar-refractivity contribution in [3.05, 3.63) is 41.3 Å². The molecule has 1 saturated heterocycles. The number of aromatic nitrogens is 1. The van der Waals surface area contributed by atoms with Crippen LogP contribution in [0.5, 0.6) is 11.5 Å². The fourth-order valence-electron chi connectivity index (χ4n) is 3.25. The Hall–Kier alpha value is -2.01. The van der Waals surface area contributed by atoms with Crippen molar-refractivity contribution in [2.24, 2.45) is 0 Å². The summed E-state index contributed by atoms with van der Waals surface area (Å²) < 4.78 is 16.7. The number of methoxy groups -OCH3 is 1. The van der Waals surface area contributed by atoms with Gasteiger partial charge in [0.1, 0.15) is 0 Å². The molecular weight excluding hydrogens is 304 g/mol. The number of benzene rings is 1. The van der Waals surface area contributed by atoms with Gasteiger partial charge in [-0.1, -0.05) is 18.1 Å². The quantitative estimate of drug-likeness (QED) is 0.764. The van der Waals surface area contributed by atoms with Gasteiger partial charge in [0, 0.05) is 12.6 Å². The average Bonchev–Trinajstić information content (AvgIpc) is 3.22. The van der Waals surface area contributed by atoms with Crippen molar-refractivity contribution < 1.29 is 14.0 Å². The van der Waals surface area contributed by atoms with E-state index in [1.54, 1.807) is 7.11 Å². The third-order valence-electron chi connectivity index (χ3n) is 4.41. The fourth-order valence-corrected chi connectivity index (χ4v) is 3.25. The maximum absolute atomic E-state index is 5.73. The van der Waals surface area contributed by atoms with Gasteiger partial charge in [0.25, 0.3) is 0 Å². The lowest BCUT2D eigenvalue weighted by molar-refractivity contribution is 0.206. The minimum absolute atomic E-state index is 0.313. The Labute approximate surface area is 143 Å². The first kappa shape index (κ1) is 16.8. The number of hydrogen-bond donors (Lipinski definition) is 0. The third-order valence-corrected chi connectivity index (χ3v) is 4.41. The Morgan fingerprint density at radius 2 is 2.17 bits per heavy atom. The van der Waals surface area contributed by atoms with Crippen molar-refractivity contribution in [2.45, 2.75) is 45.7 Å². The summed E-state index contributed by atoms with van der Waals surface area (Å²) >= 11 is 0. The predicted molar refractivity (Wildman–Crippen MR) is 92.4 cm³/mol. The lowest BCUT2D eigenvalue weighted by Gasteiger charge is -2.23. The summed E-state index contributed by atoms with van der Waals surface area (Å²) in [6.07, 6.45) is 3.28. The summed E-state index contributed by atoms with van der Waals surface area (Å²) in [6.45, 7) is 6.70. The van der Waals surface area contributed by atoms with Crippen LogP contribution in [0.25, 0.3) is 0 Å². The van der Waals surface area contributed by atoms with Crippen LogP contribution in [-0.4, -0.2) is 30.3 Å². The highest BCUT2D eigenvalue weighted by Crippen LogP contribution is 2.35. The van der Waals surface area contributed by atoms with Crippen molar-refractivity contribution in [3.63, 3.8) is 0 Å². The van der Waals surface area contributed by atoms with Gasteiger partial charge in [-0.2, -0.15) is 0 Å². The zero-order chi connectivity index (χ0) is 16.9. The maximum Gasteiger partial charge on any atom is 0.161 e. The van der Waals surface area contributed by atoms with Crippen LogP contribution in [-0.2, 0) is 6.54 Å². The van der Waals surface area contributed by atoms with Gasteiger partial charge in [0.2, 0.25) is 0 Å². The van der Waals surface area contributed by atoms with E-state index in [0.717, 1.165) is 48.9 Å². The molecule has 1 aliphatic heterocycles. The van der Waals surface area contributed by atoms with E-state index in [2.05, 4.69) is 29.1 Å². The molecule has 0 saturated carbocycles. The normalized spacial score (nSPS) is 18.0. The number of aryl methyl sites for hydroxylation is 1. The van der Waals surface area contributed by atoms with Gasteiger partial charge >= 0.3 is 0 Å². The molecule has 1 aliphatic rings. The Kier molecular flexibility index (Phi) is 5.41. The van der Waals surface area contributed by atoms with Gasteiger partial charge in [-0.15, -0.1) is 0 Å². The Balaban J connectivity index is 1.72. The molecule has 130 valence electrons. The second-order valence-corrected chi connectivity index (χ2v) is 6.33. The fraction of sp³-hybridized carbons (Fsp3) is 0.526. The average molecular weight is 330 g/mol. The van der Waals surface area contributed by atoms with Crippen LogP contribution < -0.4 is 9.47 Å². The SMILES string of the molecule is CCCOc1ccc(CN2CCC[C@H]2c2cc(C)no2)cc1OC. The molecule has 2 heterocycles. The number of hydrogen-bond acceptors (Lipinski definition) is 5. The number of nitrogens with zero attached hydrogens (tertiary/aromatic N) is 2. The second-order valence-electron chi connectivity index (χ2n) is 6.33. The lowest BCUT2D eigenvalue weighted by atomic mass is 10.1. The largest absolute Gasteiger partial charge is 0.493 e. The molecule has 5 heteroatoms. The van der Waals surface area contributed by atoms with Crippen LogP contribution in [0.1, 0.15) is 49.2 Å². The first-order valence-corrected chi connectivity index (χ1v) is 8.68. The molecule has 0 spiro atoms. The summed E-state index contributed by atoms with van der Waals surface area (Å²) in [6, 6.07) is 8.56. The van der Waals surface area contributed by atoms with Crippen LogP contribution in [0.2, 0.25) is 0 Å². The minimum Gasteiger partial charge on any atom is -0.493 e.